The van der Waals surface area contributed by atoms with Crippen LogP contribution in [0.25, 0.3) is 0 Å². The number of anilines is 2. The lowest BCUT2D eigenvalue weighted by atomic mass is 10.2. The zero-order chi connectivity index (χ0) is 16.3. The Kier molecular flexibility index (Phi) is 4.46. The molecule has 1 aromatic heterocycles. The quantitative estimate of drug-likeness (QED) is 0.929. The Balaban J connectivity index is 2.31. The van der Waals surface area contributed by atoms with E-state index in [1.807, 2.05) is 14.1 Å². The zero-order valence-corrected chi connectivity index (χ0v) is 13.4. The van der Waals surface area contributed by atoms with E-state index in [1.165, 1.54) is 12.1 Å². The molecule has 0 aliphatic heterocycles. The van der Waals surface area contributed by atoms with Crippen molar-refractivity contribution in [1.29, 1.82) is 0 Å². The van der Waals surface area contributed by atoms with Crippen LogP contribution in [0, 0.1) is 0 Å². The number of hydrogen-bond acceptors (Lipinski definition) is 5. The van der Waals surface area contributed by atoms with E-state index in [-0.39, 0.29) is 16.4 Å². The summed E-state index contributed by atoms with van der Waals surface area (Å²) >= 11 is 0. The van der Waals surface area contributed by atoms with Gasteiger partial charge in [-0.2, -0.15) is 0 Å². The minimum atomic E-state index is -3.35. The number of hydrogen-bond donors (Lipinski definition) is 1. The van der Waals surface area contributed by atoms with Crippen molar-refractivity contribution in [1.82, 2.24) is 4.98 Å². The van der Waals surface area contributed by atoms with Crippen LogP contribution in [0.1, 0.15) is 10.4 Å². The second kappa shape index (κ2) is 6.15. The van der Waals surface area contributed by atoms with Crippen LogP contribution in [0.2, 0.25) is 0 Å². The van der Waals surface area contributed by atoms with E-state index in [2.05, 4.69) is 10.3 Å². The van der Waals surface area contributed by atoms with Gasteiger partial charge in [-0.25, -0.2) is 13.4 Å². The highest BCUT2D eigenvalue weighted by Gasteiger charge is 2.14. The Hall–Kier alpha value is -2.41. The van der Waals surface area contributed by atoms with Crippen LogP contribution in [0.4, 0.5) is 11.5 Å². The van der Waals surface area contributed by atoms with Gasteiger partial charge in [-0.05, 0) is 30.3 Å². The molecule has 0 unspecified atom stereocenters. The summed E-state index contributed by atoms with van der Waals surface area (Å²) in [6.45, 7) is 0. The van der Waals surface area contributed by atoms with Crippen molar-refractivity contribution in [2.75, 3.05) is 30.6 Å². The van der Waals surface area contributed by atoms with Crippen LogP contribution in [-0.4, -0.2) is 39.7 Å². The Bertz CT molecular complexity index is 801. The number of nitrogens with one attached hydrogen (secondary N) is 1. The fourth-order valence-corrected chi connectivity index (χ4v) is 2.58. The maximum Gasteiger partial charge on any atom is 0.255 e. The van der Waals surface area contributed by atoms with Crippen molar-refractivity contribution >= 4 is 27.2 Å². The minimum absolute atomic E-state index is 0.110. The number of benzene rings is 1. The van der Waals surface area contributed by atoms with Crippen LogP contribution >= 0.6 is 0 Å². The average molecular weight is 319 g/mol. The van der Waals surface area contributed by atoms with Gasteiger partial charge in [-0.1, -0.05) is 6.07 Å². The van der Waals surface area contributed by atoms with Crippen molar-refractivity contribution in [3.05, 3.63) is 48.2 Å². The largest absolute Gasteiger partial charge is 0.361 e. The van der Waals surface area contributed by atoms with Crippen LogP contribution in [0.3, 0.4) is 0 Å². The molecule has 0 atom stereocenters. The topological polar surface area (TPSA) is 79.4 Å². The van der Waals surface area contributed by atoms with Crippen LogP contribution in [-0.2, 0) is 9.84 Å². The lowest BCUT2D eigenvalue weighted by molar-refractivity contribution is 0.102. The highest BCUT2D eigenvalue weighted by atomic mass is 32.2. The van der Waals surface area contributed by atoms with Gasteiger partial charge in [0.1, 0.15) is 0 Å². The molecule has 0 bridgehead atoms. The first-order valence-electron chi connectivity index (χ1n) is 6.53. The second-order valence-corrected chi connectivity index (χ2v) is 7.04. The molecule has 0 aliphatic rings. The summed E-state index contributed by atoms with van der Waals surface area (Å²) in [4.78, 5) is 18.4. The van der Waals surface area contributed by atoms with E-state index in [1.54, 1.807) is 35.4 Å². The summed E-state index contributed by atoms with van der Waals surface area (Å²) < 4.78 is 23.1. The second-order valence-electron chi connectivity index (χ2n) is 5.02. The molecule has 2 rings (SSSR count). The lowest BCUT2D eigenvalue weighted by Gasteiger charge is -2.16. The molecule has 116 valence electrons. The number of carbonyl (C=O) groups is 1. The molecule has 6 nitrogen and oxygen atoms in total. The first kappa shape index (κ1) is 16.0. The van der Waals surface area contributed by atoms with E-state index in [9.17, 15) is 13.2 Å². The normalized spacial score (nSPS) is 11.0. The van der Waals surface area contributed by atoms with Gasteiger partial charge in [0.05, 0.1) is 10.6 Å². The predicted octanol–water partition coefficient (Wildman–Crippen LogP) is 1.80. The first-order chi connectivity index (χ1) is 10.3. The van der Waals surface area contributed by atoms with Crippen LogP contribution in [0.15, 0.2) is 47.5 Å². The van der Waals surface area contributed by atoms with E-state index in [0.29, 0.717) is 11.5 Å². The molecule has 0 radical (unpaired) electrons. The molecule has 2 aromatic rings. The number of aromatic nitrogens is 1. The molecule has 0 saturated heterocycles. The molecule has 22 heavy (non-hydrogen) atoms. The number of nitrogens with zero attached hydrogens (tertiary/aromatic N) is 2. The van der Waals surface area contributed by atoms with Crippen molar-refractivity contribution in [3.8, 4) is 0 Å². The maximum atomic E-state index is 12.3. The summed E-state index contributed by atoms with van der Waals surface area (Å²) in [5.41, 5.74) is 0.832. The van der Waals surface area contributed by atoms with Gasteiger partial charge in [-0.15, -0.1) is 0 Å². The number of amides is 1. The summed E-state index contributed by atoms with van der Waals surface area (Å²) in [5, 5.41) is 2.75. The number of carbonyl (C=O) groups excluding carboxylic acids is 1. The monoisotopic (exact) mass is 319 g/mol. The third-order valence-electron chi connectivity index (χ3n) is 2.98. The molecule has 1 amide bonds. The summed E-state index contributed by atoms with van der Waals surface area (Å²) in [6.07, 6.45) is 2.74. The lowest BCUT2D eigenvalue weighted by Crippen LogP contribution is -2.18. The molecular weight excluding hydrogens is 302 g/mol. The molecule has 0 aliphatic carbocycles. The SMILES string of the molecule is CN(C)c1ncccc1NC(=O)c1cccc(S(C)(=O)=O)c1. The first-order valence-corrected chi connectivity index (χ1v) is 8.42. The van der Waals surface area contributed by atoms with E-state index in [4.69, 9.17) is 0 Å². The molecule has 1 aromatic carbocycles. The number of rotatable bonds is 4. The van der Waals surface area contributed by atoms with Gasteiger partial charge in [0, 0.05) is 32.1 Å². The fraction of sp³-hybridized carbons (Fsp3) is 0.200. The highest BCUT2D eigenvalue weighted by molar-refractivity contribution is 7.90. The van der Waals surface area contributed by atoms with E-state index in [0.717, 1.165) is 6.26 Å². The number of sulfone groups is 1. The van der Waals surface area contributed by atoms with Gasteiger partial charge >= 0.3 is 0 Å². The summed E-state index contributed by atoms with van der Waals surface area (Å²) in [6, 6.07) is 9.38. The standard InChI is InChI=1S/C15H17N3O3S/c1-18(2)14-13(8-5-9-16-14)17-15(19)11-6-4-7-12(10-11)22(3,20)21/h4-10H,1-3H3,(H,17,19). The van der Waals surface area contributed by atoms with Crippen molar-refractivity contribution < 1.29 is 13.2 Å². The third kappa shape index (κ3) is 3.62. The van der Waals surface area contributed by atoms with E-state index < -0.39 is 9.84 Å². The van der Waals surface area contributed by atoms with Gasteiger partial charge < -0.3 is 10.2 Å². The molecular formula is C15H17N3O3S. The smallest absolute Gasteiger partial charge is 0.255 e. The summed E-state index contributed by atoms with van der Waals surface area (Å²) in [5.74, 6) is 0.233. The zero-order valence-electron chi connectivity index (χ0n) is 12.6. The average Bonchev–Trinajstić information content (AvgIpc) is 2.47. The number of pyridine rings is 1. The highest BCUT2D eigenvalue weighted by Crippen LogP contribution is 2.21. The third-order valence-corrected chi connectivity index (χ3v) is 4.09. The van der Waals surface area contributed by atoms with Crippen LogP contribution < -0.4 is 10.2 Å². The Morgan fingerprint density at radius 1 is 1.18 bits per heavy atom. The minimum Gasteiger partial charge on any atom is -0.361 e. The van der Waals surface area contributed by atoms with Gasteiger partial charge in [0.25, 0.3) is 5.91 Å². The maximum absolute atomic E-state index is 12.3. The summed E-state index contributed by atoms with van der Waals surface area (Å²) in [7, 11) is 0.290. The van der Waals surface area contributed by atoms with E-state index >= 15 is 0 Å². The van der Waals surface area contributed by atoms with Crippen molar-refractivity contribution in [2.45, 2.75) is 4.90 Å². The van der Waals surface area contributed by atoms with Crippen molar-refractivity contribution in [2.24, 2.45) is 0 Å². The van der Waals surface area contributed by atoms with Crippen LogP contribution in [0.5, 0.6) is 0 Å². The molecule has 0 saturated carbocycles. The molecule has 1 heterocycles. The van der Waals surface area contributed by atoms with Crippen molar-refractivity contribution in [3.63, 3.8) is 0 Å². The van der Waals surface area contributed by atoms with Gasteiger partial charge in [0.15, 0.2) is 15.7 Å². The molecule has 0 spiro atoms. The Morgan fingerprint density at radius 2 is 1.91 bits per heavy atom. The molecule has 7 heteroatoms. The molecule has 1 N–H and O–H groups in total. The van der Waals surface area contributed by atoms with Gasteiger partial charge in [0.2, 0.25) is 0 Å². The Morgan fingerprint density at radius 3 is 2.55 bits per heavy atom. The fourth-order valence-electron chi connectivity index (χ4n) is 1.91. The molecule has 0 fully saturated rings. The van der Waals surface area contributed by atoms with Gasteiger partial charge in [-0.3, -0.25) is 4.79 Å². The predicted molar refractivity (Wildman–Crippen MR) is 86.1 cm³/mol. The Labute approximate surface area is 129 Å².